The van der Waals surface area contributed by atoms with Crippen molar-refractivity contribution in [3.63, 3.8) is 0 Å². The summed E-state index contributed by atoms with van der Waals surface area (Å²) in [5.74, 6) is 1.12. The Kier molecular flexibility index (Phi) is 3.44. The Balaban J connectivity index is 1.46. The number of hydrogen-bond acceptors (Lipinski definition) is 3. The molecule has 0 radical (unpaired) electrons. The summed E-state index contributed by atoms with van der Waals surface area (Å²) in [6.45, 7) is 0. The van der Waals surface area contributed by atoms with Crippen LogP contribution in [0.1, 0.15) is 67.3 Å². The second-order valence-corrected chi connectivity index (χ2v) is 6.43. The van der Waals surface area contributed by atoms with Crippen LogP contribution in [0.2, 0.25) is 0 Å². The Labute approximate surface area is 129 Å². The lowest BCUT2D eigenvalue weighted by Crippen LogP contribution is -2.24. The number of aromatic nitrogens is 4. The monoisotopic (exact) mass is 299 g/mol. The topological polar surface area (TPSA) is 86.5 Å². The number of H-pyrrole nitrogens is 2. The molecule has 22 heavy (non-hydrogen) atoms. The van der Waals surface area contributed by atoms with E-state index in [4.69, 9.17) is 0 Å². The van der Waals surface area contributed by atoms with Crippen molar-refractivity contribution in [3.05, 3.63) is 29.2 Å². The molecule has 0 unspecified atom stereocenters. The van der Waals surface area contributed by atoms with Gasteiger partial charge >= 0.3 is 0 Å². The molecule has 4 rings (SSSR count). The van der Waals surface area contributed by atoms with Gasteiger partial charge in [-0.15, -0.1) is 0 Å². The lowest BCUT2D eigenvalue weighted by atomic mass is 9.86. The Bertz CT molecular complexity index is 668. The molecule has 0 saturated heterocycles. The maximum atomic E-state index is 12.6. The highest BCUT2D eigenvalue weighted by atomic mass is 16.2. The van der Waals surface area contributed by atoms with Crippen molar-refractivity contribution in [3.8, 4) is 0 Å². The normalized spacial score (nSPS) is 21.7. The molecule has 0 aromatic carbocycles. The SMILES string of the molecule is O=C(Nc1cc(C2CCCC2)[nH]n1)[C@@H]1CCCc2[nH]ncc21. The van der Waals surface area contributed by atoms with E-state index in [9.17, 15) is 4.79 Å². The fraction of sp³-hybridized carbons (Fsp3) is 0.562. The van der Waals surface area contributed by atoms with Crippen LogP contribution in [0.15, 0.2) is 12.3 Å². The third-order valence-electron chi connectivity index (χ3n) is 5.01. The molecular formula is C16H21N5O. The van der Waals surface area contributed by atoms with Crippen molar-refractivity contribution in [2.45, 2.75) is 56.8 Å². The van der Waals surface area contributed by atoms with E-state index in [2.05, 4.69) is 25.7 Å². The lowest BCUT2D eigenvalue weighted by Gasteiger charge is -2.20. The van der Waals surface area contributed by atoms with Crippen LogP contribution in [-0.4, -0.2) is 26.3 Å². The molecule has 3 N–H and O–H groups in total. The molecule has 1 atom stereocenters. The number of hydrogen-bond donors (Lipinski definition) is 3. The number of carbonyl (C=O) groups excluding carboxylic acids is 1. The largest absolute Gasteiger partial charge is 0.309 e. The van der Waals surface area contributed by atoms with Gasteiger partial charge in [0.1, 0.15) is 0 Å². The molecule has 2 aromatic rings. The molecule has 2 aliphatic carbocycles. The Morgan fingerprint density at radius 2 is 2.05 bits per heavy atom. The quantitative estimate of drug-likeness (QED) is 0.814. The molecule has 6 nitrogen and oxygen atoms in total. The highest BCUT2D eigenvalue weighted by molar-refractivity contribution is 5.95. The summed E-state index contributed by atoms with van der Waals surface area (Å²) in [6, 6.07) is 1.99. The van der Waals surface area contributed by atoms with Gasteiger partial charge in [-0.25, -0.2) is 0 Å². The minimum absolute atomic E-state index is 0.0202. The summed E-state index contributed by atoms with van der Waals surface area (Å²) in [6.07, 6.45) is 9.67. The zero-order chi connectivity index (χ0) is 14.9. The summed E-state index contributed by atoms with van der Waals surface area (Å²) in [5, 5.41) is 17.4. The van der Waals surface area contributed by atoms with Crippen molar-refractivity contribution in [1.29, 1.82) is 0 Å². The van der Waals surface area contributed by atoms with Gasteiger partial charge in [0, 0.05) is 28.9 Å². The molecule has 1 fully saturated rings. The second kappa shape index (κ2) is 5.59. The van der Waals surface area contributed by atoms with E-state index in [1.807, 2.05) is 6.07 Å². The molecule has 2 aliphatic rings. The van der Waals surface area contributed by atoms with Crippen LogP contribution in [-0.2, 0) is 11.2 Å². The molecule has 2 heterocycles. The summed E-state index contributed by atoms with van der Waals surface area (Å²) in [5.41, 5.74) is 3.29. The maximum Gasteiger partial charge on any atom is 0.233 e. The lowest BCUT2D eigenvalue weighted by molar-refractivity contribution is -0.117. The number of rotatable bonds is 3. The Morgan fingerprint density at radius 3 is 2.91 bits per heavy atom. The average Bonchev–Trinajstić information content (AvgIpc) is 3.27. The van der Waals surface area contributed by atoms with E-state index < -0.39 is 0 Å². The van der Waals surface area contributed by atoms with Crippen LogP contribution in [0.4, 0.5) is 5.82 Å². The zero-order valence-electron chi connectivity index (χ0n) is 12.6. The van der Waals surface area contributed by atoms with E-state index in [1.54, 1.807) is 6.20 Å². The number of aromatic amines is 2. The van der Waals surface area contributed by atoms with Crippen LogP contribution in [0.3, 0.4) is 0 Å². The number of carbonyl (C=O) groups is 1. The minimum atomic E-state index is -0.117. The molecule has 0 aliphatic heterocycles. The first-order chi connectivity index (χ1) is 10.8. The van der Waals surface area contributed by atoms with Crippen LogP contribution in [0, 0.1) is 0 Å². The first-order valence-corrected chi connectivity index (χ1v) is 8.19. The standard InChI is InChI=1S/C16H21N5O/c22-16(11-6-3-7-13-12(11)9-17-19-13)18-15-8-14(20-21-15)10-4-1-2-5-10/h8-11H,1-7H2,(H,17,19)(H2,18,20,21,22)/t11-/m1/s1. The molecule has 0 spiro atoms. The maximum absolute atomic E-state index is 12.6. The van der Waals surface area contributed by atoms with Crippen molar-refractivity contribution in [2.75, 3.05) is 5.32 Å². The highest BCUT2D eigenvalue weighted by Crippen LogP contribution is 2.34. The van der Waals surface area contributed by atoms with Crippen LogP contribution < -0.4 is 5.32 Å². The van der Waals surface area contributed by atoms with Gasteiger partial charge in [-0.3, -0.25) is 15.0 Å². The van der Waals surface area contributed by atoms with Gasteiger partial charge < -0.3 is 5.32 Å². The van der Waals surface area contributed by atoms with Gasteiger partial charge in [-0.1, -0.05) is 12.8 Å². The zero-order valence-corrected chi connectivity index (χ0v) is 12.6. The second-order valence-electron chi connectivity index (χ2n) is 6.43. The number of fused-ring (bicyclic) bond motifs is 1. The summed E-state index contributed by atoms with van der Waals surface area (Å²) in [7, 11) is 0. The predicted octanol–water partition coefficient (Wildman–Crippen LogP) is 2.85. The summed E-state index contributed by atoms with van der Waals surface area (Å²) >= 11 is 0. The Morgan fingerprint density at radius 1 is 1.18 bits per heavy atom. The smallest absolute Gasteiger partial charge is 0.233 e. The highest BCUT2D eigenvalue weighted by Gasteiger charge is 2.28. The van der Waals surface area contributed by atoms with Crippen molar-refractivity contribution >= 4 is 11.7 Å². The van der Waals surface area contributed by atoms with Gasteiger partial charge in [-0.2, -0.15) is 10.2 Å². The van der Waals surface area contributed by atoms with Gasteiger partial charge in [0.15, 0.2) is 5.82 Å². The third kappa shape index (κ3) is 2.42. The van der Waals surface area contributed by atoms with E-state index in [-0.39, 0.29) is 11.8 Å². The van der Waals surface area contributed by atoms with Crippen LogP contribution in [0.25, 0.3) is 0 Å². The van der Waals surface area contributed by atoms with Gasteiger partial charge in [0.25, 0.3) is 0 Å². The molecule has 116 valence electrons. The first kappa shape index (κ1) is 13.5. The number of anilines is 1. The number of nitrogens with zero attached hydrogens (tertiary/aromatic N) is 2. The average molecular weight is 299 g/mol. The molecular weight excluding hydrogens is 278 g/mol. The number of aryl methyl sites for hydroxylation is 1. The van der Waals surface area contributed by atoms with Crippen LogP contribution in [0.5, 0.6) is 0 Å². The van der Waals surface area contributed by atoms with E-state index in [0.29, 0.717) is 11.7 Å². The summed E-state index contributed by atoms with van der Waals surface area (Å²) < 4.78 is 0. The molecule has 1 amide bonds. The van der Waals surface area contributed by atoms with Gasteiger partial charge in [-0.05, 0) is 32.1 Å². The molecule has 2 aromatic heterocycles. The van der Waals surface area contributed by atoms with Crippen molar-refractivity contribution < 1.29 is 4.79 Å². The Hall–Kier alpha value is -2.11. The van der Waals surface area contributed by atoms with E-state index >= 15 is 0 Å². The molecule has 6 heteroatoms. The van der Waals surface area contributed by atoms with Crippen molar-refractivity contribution in [2.24, 2.45) is 0 Å². The predicted molar refractivity (Wildman–Crippen MR) is 82.7 cm³/mol. The third-order valence-corrected chi connectivity index (χ3v) is 5.01. The minimum Gasteiger partial charge on any atom is -0.309 e. The van der Waals surface area contributed by atoms with Crippen LogP contribution >= 0.6 is 0 Å². The number of amides is 1. The van der Waals surface area contributed by atoms with E-state index in [0.717, 1.165) is 36.2 Å². The van der Waals surface area contributed by atoms with Gasteiger partial charge in [0.05, 0.1) is 12.1 Å². The number of nitrogens with one attached hydrogen (secondary N) is 3. The van der Waals surface area contributed by atoms with Crippen molar-refractivity contribution in [1.82, 2.24) is 20.4 Å². The van der Waals surface area contributed by atoms with Gasteiger partial charge in [0.2, 0.25) is 5.91 Å². The first-order valence-electron chi connectivity index (χ1n) is 8.19. The summed E-state index contributed by atoms with van der Waals surface area (Å²) in [4.78, 5) is 12.6. The molecule has 1 saturated carbocycles. The fourth-order valence-corrected chi connectivity index (χ4v) is 3.79. The van der Waals surface area contributed by atoms with E-state index in [1.165, 1.54) is 25.7 Å². The fourth-order valence-electron chi connectivity index (χ4n) is 3.79. The molecule has 0 bridgehead atoms.